The van der Waals surface area contributed by atoms with Crippen molar-refractivity contribution in [2.24, 2.45) is 5.92 Å². The first-order chi connectivity index (χ1) is 12.9. The van der Waals surface area contributed by atoms with Gasteiger partial charge in [-0.15, -0.1) is 0 Å². The molecule has 1 aromatic rings. The Balaban J connectivity index is 1.96. The van der Waals surface area contributed by atoms with Crippen LogP contribution in [0.5, 0.6) is 0 Å². The summed E-state index contributed by atoms with van der Waals surface area (Å²) in [7, 11) is 3.80. The fourth-order valence-electron chi connectivity index (χ4n) is 2.90. The summed E-state index contributed by atoms with van der Waals surface area (Å²) in [6.45, 7) is 8.73. The third-order valence-electron chi connectivity index (χ3n) is 4.56. The van der Waals surface area contributed by atoms with E-state index in [1.807, 2.05) is 45.0 Å². The molecular weight excluding hydrogens is 344 g/mol. The Hall–Kier alpha value is -2.12. The van der Waals surface area contributed by atoms with Crippen molar-refractivity contribution in [1.82, 2.24) is 10.2 Å². The number of hydrogen-bond acceptors (Lipinski definition) is 5. The van der Waals surface area contributed by atoms with Gasteiger partial charge >= 0.3 is 0 Å². The van der Waals surface area contributed by atoms with Crippen LogP contribution in [0, 0.1) is 5.92 Å². The number of hydrogen-bond donors (Lipinski definition) is 2. The molecule has 7 heteroatoms. The molecule has 1 fully saturated rings. The summed E-state index contributed by atoms with van der Waals surface area (Å²) in [5, 5.41) is 5.86. The molecule has 27 heavy (non-hydrogen) atoms. The van der Waals surface area contributed by atoms with E-state index in [1.165, 1.54) is 0 Å². The van der Waals surface area contributed by atoms with Crippen LogP contribution in [-0.4, -0.2) is 70.2 Å². The lowest BCUT2D eigenvalue weighted by Gasteiger charge is -2.26. The van der Waals surface area contributed by atoms with Crippen molar-refractivity contribution in [3.05, 3.63) is 23.8 Å². The number of carbonyl (C=O) groups is 2. The van der Waals surface area contributed by atoms with Gasteiger partial charge in [0, 0.05) is 51.0 Å². The lowest BCUT2D eigenvalue weighted by atomic mass is 10.1. The van der Waals surface area contributed by atoms with Crippen LogP contribution in [0.25, 0.3) is 0 Å². The fraction of sp³-hybridized carbons (Fsp3) is 0.600. The first kappa shape index (κ1) is 21.2. The van der Waals surface area contributed by atoms with Gasteiger partial charge in [0.05, 0.1) is 18.8 Å². The molecule has 2 rings (SSSR count). The second kappa shape index (κ2) is 10.3. The largest absolute Gasteiger partial charge is 0.379 e. The van der Waals surface area contributed by atoms with E-state index < -0.39 is 0 Å². The van der Waals surface area contributed by atoms with Crippen molar-refractivity contribution in [2.45, 2.75) is 20.3 Å². The van der Waals surface area contributed by atoms with Crippen molar-refractivity contribution in [1.29, 1.82) is 0 Å². The molecular formula is C20H32N4O3. The molecule has 2 amide bonds. The van der Waals surface area contributed by atoms with E-state index in [2.05, 4.69) is 15.5 Å². The highest BCUT2D eigenvalue weighted by Crippen LogP contribution is 2.23. The van der Waals surface area contributed by atoms with Crippen molar-refractivity contribution in [3.8, 4) is 0 Å². The van der Waals surface area contributed by atoms with E-state index in [4.69, 9.17) is 4.74 Å². The first-order valence-electron chi connectivity index (χ1n) is 9.59. The Morgan fingerprint density at radius 2 is 1.93 bits per heavy atom. The van der Waals surface area contributed by atoms with Gasteiger partial charge in [-0.3, -0.25) is 14.5 Å². The highest BCUT2D eigenvalue weighted by atomic mass is 16.5. The first-order valence-corrected chi connectivity index (χ1v) is 9.59. The molecule has 0 unspecified atom stereocenters. The van der Waals surface area contributed by atoms with Crippen LogP contribution in [0.15, 0.2) is 18.2 Å². The minimum atomic E-state index is -0.124. The molecule has 1 heterocycles. The summed E-state index contributed by atoms with van der Waals surface area (Å²) in [6, 6.07) is 5.43. The molecule has 0 atom stereocenters. The number of nitrogens with zero attached hydrogens (tertiary/aromatic N) is 2. The molecule has 0 radical (unpaired) electrons. The normalized spacial score (nSPS) is 14.9. The number of carbonyl (C=O) groups excluding carboxylic acids is 2. The molecule has 0 bridgehead atoms. The second-order valence-corrected chi connectivity index (χ2v) is 7.33. The lowest BCUT2D eigenvalue weighted by Crippen LogP contribution is -2.38. The average Bonchev–Trinajstić information content (AvgIpc) is 2.65. The molecule has 1 aliphatic heterocycles. The molecule has 0 aromatic heterocycles. The van der Waals surface area contributed by atoms with Gasteiger partial charge in [-0.1, -0.05) is 13.8 Å². The predicted octanol–water partition coefficient (Wildman–Crippen LogP) is 1.80. The van der Waals surface area contributed by atoms with Gasteiger partial charge in [0.2, 0.25) is 5.91 Å². The monoisotopic (exact) mass is 376 g/mol. The molecule has 7 nitrogen and oxygen atoms in total. The van der Waals surface area contributed by atoms with Crippen LogP contribution in [0.3, 0.4) is 0 Å². The third-order valence-corrected chi connectivity index (χ3v) is 4.56. The molecule has 0 aliphatic carbocycles. The molecule has 1 saturated heterocycles. The summed E-state index contributed by atoms with van der Waals surface area (Å²) < 4.78 is 5.34. The molecule has 1 aliphatic rings. The van der Waals surface area contributed by atoms with Crippen LogP contribution in [0.4, 0.5) is 11.4 Å². The summed E-state index contributed by atoms with van der Waals surface area (Å²) in [5.41, 5.74) is 2.02. The SMILES string of the molecule is CC(C)C(=O)Nc1ccc(N(C)C)c(C(=O)NCCCN2CCOCC2)c1. The van der Waals surface area contributed by atoms with E-state index in [1.54, 1.807) is 6.07 Å². The average molecular weight is 377 g/mol. The Bertz CT molecular complexity index is 640. The molecule has 150 valence electrons. The Morgan fingerprint density at radius 1 is 1.22 bits per heavy atom. The lowest BCUT2D eigenvalue weighted by molar-refractivity contribution is -0.118. The highest BCUT2D eigenvalue weighted by Gasteiger charge is 2.16. The Labute approximate surface area is 162 Å². The van der Waals surface area contributed by atoms with Crippen molar-refractivity contribution in [2.75, 3.05) is 63.7 Å². The van der Waals surface area contributed by atoms with E-state index in [0.29, 0.717) is 17.8 Å². The standard InChI is InChI=1S/C20H32N4O3/c1-15(2)19(25)22-16-6-7-18(23(3)4)17(14-16)20(26)21-8-5-9-24-10-12-27-13-11-24/h6-7,14-15H,5,8-13H2,1-4H3,(H,21,26)(H,22,25). The van der Waals surface area contributed by atoms with Crippen LogP contribution in [-0.2, 0) is 9.53 Å². The number of ether oxygens (including phenoxy) is 1. The number of nitrogens with one attached hydrogen (secondary N) is 2. The van der Waals surface area contributed by atoms with Crippen molar-refractivity contribution < 1.29 is 14.3 Å². The van der Waals surface area contributed by atoms with Crippen LogP contribution >= 0.6 is 0 Å². The smallest absolute Gasteiger partial charge is 0.253 e. The van der Waals surface area contributed by atoms with Gasteiger partial charge in [0.1, 0.15) is 0 Å². The molecule has 1 aromatic carbocycles. The fourth-order valence-corrected chi connectivity index (χ4v) is 2.90. The molecule has 0 spiro atoms. The van der Waals surface area contributed by atoms with Gasteiger partial charge in [-0.2, -0.15) is 0 Å². The quantitative estimate of drug-likeness (QED) is 0.677. The van der Waals surface area contributed by atoms with Gasteiger partial charge in [0.15, 0.2) is 0 Å². The number of morpholine rings is 1. The van der Waals surface area contributed by atoms with Gasteiger partial charge in [0.25, 0.3) is 5.91 Å². The zero-order valence-electron chi connectivity index (χ0n) is 16.9. The van der Waals surface area contributed by atoms with Gasteiger partial charge < -0.3 is 20.3 Å². The number of benzene rings is 1. The van der Waals surface area contributed by atoms with Crippen LogP contribution in [0.1, 0.15) is 30.6 Å². The number of amides is 2. The van der Waals surface area contributed by atoms with E-state index in [0.717, 1.165) is 45.0 Å². The summed E-state index contributed by atoms with van der Waals surface area (Å²) in [6.07, 6.45) is 0.896. The number of anilines is 2. The second-order valence-electron chi connectivity index (χ2n) is 7.33. The van der Waals surface area contributed by atoms with E-state index in [9.17, 15) is 9.59 Å². The topological polar surface area (TPSA) is 73.9 Å². The summed E-state index contributed by atoms with van der Waals surface area (Å²) in [5.74, 6) is -0.304. The minimum Gasteiger partial charge on any atom is -0.379 e. The highest BCUT2D eigenvalue weighted by molar-refractivity contribution is 6.02. The summed E-state index contributed by atoms with van der Waals surface area (Å²) in [4.78, 5) is 28.9. The maximum absolute atomic E-state index is 12.7. The van der Waals surface area contributed by atoms with Gasteiger partial charge in [-0.25, -0.2) is 0 Å². The summed E-state index contributed by atoms with van der Waals surface area (Å²) >= 11 is 0. The van der Waals surface area contributed by atoms with E-state index in [-0.39, 0.29) is 17.7 Å². The molecule has 2 N–H and O–H groups in total. The van der Waals surface area contributed by atoms with Crippen molar-refractivity contribution >= 4 is 23.2 Å². The predicted molar refractivity (Wildman–Crippen MR) is 108 cm³/mol. The minimum absolute atomic E-state index is 0.0653. The zero-order valence-corrected chi connectivity index (χ0v) is 16.9. The van der Waals surface area contributed by atoms with Crippen LogP contribution in [0.2, 0.25) is 0 Å². The molecule has 0 saturated carbocycles. The van der Waals surface area contributed by atoms with E-state index >= 15 is 0 Å². The Morgan fingerprint density at radius 3 is 2.56 bits per heavy atom. The third kappa shape index (κ3) is 6.52. The van der Waals surface area contributed by atoms with Gasteiger partial charge in [-0.05, 0) is 31.2 Å². The zero-order chi connectivity index (χ0) is 19.8. The Kier molecular flexibility index (Phi) is 8.06. The van der Waals surface area contributed by atoms with Crippen LogP contribution < -0.4 is 15.5 Å². The maximum atomic E-state index is 12.7. The number of rotatable bonds is 8. The van der Waals surface area contributed by atoms with Crippen molar-refractivity contribution in [3.63, 3.8) is 0 Å². The maximum Gasteiger partial charge on any atom is 0.253 e.